The Morgan fingerprint density at radius 3 is 3.00 bits per heavy atom. The van der Waals surface area contributed by atoms with Crippen LogP contribution in [-0.4, -0.2) is 32.6 Å². The molecule has 3 heterocycles. The van der Waals surface area contributed by atoms with Crippen LogP contribution in [0, 0.1) is 0 Å². The maximum atomic E-state index is 9.83. The normalized spacial score (nSPS) is 29.0. The van der Waals surface area contributed by atoms with Crippen LogP contribution in [0.1, 0.15) is 49.9 Å². The smallest absolute Gasteiger partial charge is 0.156 e. The van der Waals surface area contributed by atoms with E-state index in [9.17, 15) is 5.11 Å². The van der Waals surface area contributed by atoms with Gasteiger partial charge in [-0.2, -0.15) is 5.10 Å². The van der Waals surface area contributed by atoms with Crippen LogP contribution in [0.15, 0.2) is 0 Å². The first-order valence-electron chi connectivity index (χ1n) is 6.56. The zero-order chi connectivity index (χ0) is 11.7. The van der Waals surface area contributed by atoms with Crippen molar-refractivity contribution in [2.45, 2.75) is 57.3 Å². The van der Waals surface area contributed by atoms with E-state index in [4.69, 9.17) is 4.74 Å². The third-order valence-corrected chi connectivity index (χ3v) is 3.57. The van der Waals surface area contributed by atoms with Gasteiger partial charge in [0.1, 0.15) is 6.10 Å². The highest BCUT2D eigenvalue weighted by Crippen LogP contribution is 2.23. The van der Waals surface area contributed by atoms with E-state index >= 15 is 0 Å². The van der Waals surface area contributed by atoms with E-state index in [1.54, 1.807) is 0 Å². The average molecular weight is 237 g/mol. The zero-order valence-electron chi connectivity index (χ0n) is 10.0. The molecule has 0 saturated carbocycles. The molecule has 2 aliphatic heterocycles. The summed E-state index contributed by atoms with van der Waals surface area (Å²) in [5.41, 5.74) is 0. The maximum absolute atomic E-state index is 9.83. The minimum Gasteiger partial charge on any atom is -0.385 e. The molecule has 17 heavy (non-hydrogen) atoms. The van der Waals surface area contributed by atoms with Gasteiger partial charge < -0.3 is 9.84 Å². The van der Waals surface area contributed by atoms with E-state index in [1.807, 2.05) is 4.68 Å². The van der Waals surface area contributed by atoms with Gasteiger partial charge in [0, 0.05) is 19.6 Å². The van der Waals surface area contributed by atoms with Gasteiger partial charge >= 0.3 is 0 Å². The van der Waals surface area contributed by atoms with Crippen molar-refractivity contribution in [3.8, 4) is 0 Å². The minimum atomic E-state index is -0.433. The van der Waals surface area contributed by atoms with Gasteiger partial charge in [-0.3, -0.25) is 0 Å². The third-order valence-electron chi connectivity index (χ3n) is 3.57. The first-order chi connectivity index (χ1) is 8.33. The zero-order valence-corrected chi connectivity index (χ0v) is 10.0. The third kappa shape index (κ3) is 2.35. The molecular formula is C12H19N3O2. The lowest BCUT2D eigenvalue weighted by molar-refractivity contribution is 0.0156. The van der Waals surface area contributed by atoms with Gasteiger partial charge in [-0.1, -0.05) is 0 Å². The number of nitrogens with zero attached hydrogens (tertiary/aromatic N) is 3. The van der Waals surface area contributed by atoms with Crippen molar-refractivity contribution in [3.63, 3.8) is 0 Å². The number of aliphatic hydroxyl groups is 1. The van der Waals surface area contributed by atoms with E-state index in [0.717, 1.165) is 50.5 Å². The molecule has 1 aromatic rings. The topological polar surface area (TPSA) is 60.2 Å². The Bertz CT molecular complexity index is 385. The molecular weight excluding hydrogens is 218 g/mol. The lowest BCUT2D eigenvalue weighted by atomic mass is 10.1. The predicted molar refractivity (Wildman–Crippen MR) is 61.5 cm³/mol. The summed E-state index contributed by atoms with van der Waals surface area (Å²) < 4.78 is 7.54. The molecule has 5 nitrogen and oxygen atoms in total. The van der Waals surface area contributed by atoms with Crippen molar-refractivity contribution < 1.29 is 9.84 Å². The highest BCUT2D eigenvalue weighted by Gasteiger charge is 2.24. The Morgan fingerprint density at radius 2 is 2.24 bits per heavy atom. The maximum Gasteiger partial charge on any atom is 0.156 e. The summed E-state index contributed by atoms with van der Waals surface area (Å²) in [6.45, 7) is 1.74. The predicted octanol–water partition coefficient (Wildman–Crippen LogP) is 1.22. The molecule has 2 atom stereocenters. The second-order valence-corrected chi connectivity index (χ2v) is 4.96. The second-order valence-electron chi connectivity index (χ2n) is 4.96. The first kappa shape index (κ1) is 11.2. The number of aromatic nitrogens is 3. The Labute approximate surface area is 101 Å². The van der Waals surface area contributed by atoms with Gasteiger partial charge in [-0.15, -0.1) is 0 Å². The van der Waals surface area contributed by atoms with Crippen LogP contribution < -0.4 is 0 Å². The number of rotatable bonds is 2. The largest absolute Gasteiger partial charge is 0.385 e. The van der Waals surface area contributed by atoms with Gasteiger partial charge in [0.2, 0.25) is 0 Å². The summed E-state index contributed by atoms with van der Waals surface area (Å²) in [7, 11) is 0. The van der Waals surface area contributed by atoms with Gasteiger partial charge in [0.25, 0.3) is 0 Å². The molecule has 0 amide bonds. The molecule has 0 aromatic carbocycles. The van der Waals surface area contributed by atoms with E-state index in [1.165, 1.54) is 12.8 Å². The number of hydrogen-bond acceptors (Lipinski definition) is 4. The van der Waals surface area contributed by atoms with Crippen LogP contribution in [0.2, 0.25) is 0 Å². The summed E-state index contributed by atoms with van der Waals surface area (Å²) in [6.07, 6.45) is 5.92. The van der Waals surface area contributed by atoms with E-state index < -0.39 is 6.10 Å². The summed E-state index contributed by atoms with van der Waals surface area (Å²) in [4.78, 5) is 4.45. The van der Waals surface area contributed by atoms with Crippen molar-refractivity contribution >= 4 is 0 Å². The van der Waals surface area contributed by atoms with Gasteiger partial charge in [-0.05, 0) is 32.1 Å². The molecule has 1 fully saturated rings. The van der Waals surface area contributed by atoms with Crippen molar-refractivity contribution in [3.05, 3.63) is 11.6 Å². The summed E-state index contributed by atoms with van der Waals surface area (Å²) in [5.74, 6) is 1.56. The molecule has 1 saturated heterocycles. The van der Waals surface area contributed by atoms with Crippen LogP contribution in [0.25, 0.3) is 0 Å². The monoisotopic (exact) mass is 237 g/mol. The van der Waals surface area contributed by atoms with E-state index in [-0.39, 0.29) is 6.10 Å². The molecule has 5 heteroatoms. The molecule has 94 valence electrons. The van der Waals surface area contributed by atoms with Crippen molar-refractivity contribution in [2.24, 2.45) is 0 Å². The van der Waals surface area contributed by atoms with Crippen molar-refractivity contribution in [2.75, 3.05) is 6.61 Å². The van der Waals surface area contributed by atoms with Crippen LogP contribution in [0.3, 0.4) is 0 Å². The Kier molecular flexibility index (Phi) is 3.11. The van der Waals surface area contributed by atoms with Gasteiger partial charge in [0.05, 0.1) is 6.10 Å². The van der Waals surface area contributed by atoms with Crippen LogP contribution >= 0.6 is 0 Å². The summed E-state index contributed by atoms with van der Waals surface area (Å²) in [6, 6.07) is 0. The quantitative estimate of drug-likeness (QED) is 0.840. The summed E-state index contributed by atoms with van der Waals surface area (Å²) >= 11 is 0. The molecule has 0 spiro atoms. The summed E-state index contributed by atoms with van der Waals surface area (Å²) in [5, 5.41) is 14.3. The molecule has 3 rings (SSSR count). The molecule has 2 aliphatic rings. The van der Waals surface area contributed by atoms with Crippen LogP contribution in [-0.2, 0) is 17.7 Å². The number of fused-ring (bicyclic) bond motifs is 1. The molecule has 1 N–H and O–H groups in total. The number of hydrogen-bond donors (Lipinski definition) is 1. The lowest BCUT2D eigenvalue weighted by Gasteiger charge is -2.21. The number of aliphatic hydroxyl groups excluding tert-OH is 1. The van der Waals surface area contributed by atoms with Gasteiger partial charge in [0.15, 0.2) is 11.6 Å². The minimum absolute atomic E-state index is 0.269. The molecule has 0 bridgehead atoms. The highest BCUT2D eigenvalue weighted by molar-refractivity contribution is 5.00. The molecule has 1 aromatic heterocycles. The molecule has 2 unspecified atom stereocenters. The van der Waals surface area contributed by atoms with Crippen molar-refractivity contribution in [1.82, 2.24) is 14.8 Å². The van der Waals surface area contributed by atoms with Crippen LogP contribution in [0.4, 0.5) is 0 Å². The number of aryl methyl sites for hydroxylation is 1. The van der Waals surface area contributed by atoms with Crippen LogP contribution in [0.5, 0.6) is 0 Å². The SMILES string of the molecule is OC1CCCn2nc(CC3CCCCO3)nc21. The lowest BCUT2D eigenvalue weighted by Crippen LogP contribution is -2.22. The molecule has 0 aliphatic carbocycles. The van der Waals surface area contributed by atoms with Crippen molar-refractivity contribution in [1.29, 1.82) is 0 Å². The fourth-order valence-corrected chi connectivity index (χ4v) is 2.64. The fourth-order valence-electron chi connectivity index (χ4n) is 2.64. The average Bonchev–Trinajstić information content (AvgIpc) is 2.74. The standard InChI is InChI=1S/C12H19N3O2/c16-10-5-3-6-15-12(10)13-11(14-15)8-9-4-1-2-7-17-9/h9-10,16H,1-8H2. The van der Waals surface area contributed by atoms with E-state index in [2.05, 4.69) is 10.1 Å². The Morgan fingerprint density at radius 1 is 1.29 bits per heavy atom. The molecule has 0 radical (unpaired) electrons. The van der Waals surface area contributed by atoms with E-state index in [0.29, 0.717) is 0 Å². The Hall–Kier alpha value is -0.940. The fraction of sp³-hybridized carbons (Fsp3) is 0.833. The number of ether oxygens (including phenoxy) is 1. The van der Waals surface area contributed by atoms with Gasteiger partial charge in [-0.25, -0.2) is 9.67 Å². The highest BCUT2D eigenvalue weighted by atomic mass is 16.5. The second kappa shape index (κ2) is 4.74. The first-order valence-corrected chi connectivity index (χ1v) is 6.56. The Balaban J connectivity index is 1.71.